The van der Waals surface area contributed by atoms with E-state index in [1.54, 1.807) is 7.11 Å². The van der Waals surface area contributed by atoms with Gasteiger partial charge in [-0.2, -0.15) is 0 Å². The lowest BCUT2D eigenvalue weighted by molar-refractivity contribution is -0.139. The fourth-order valence-corrected chi connectivity index (χ4v) is 1.51. The number of hydrogen-bond donors (Lipinski definition) is 1. The molecule has 90 valence electrons. The molecule has 0 saturated carbocycles. The van der Waals surface area contributed by atoms with Gasteiger partial charge < -0.3 is 14.8 Å². The minimum atomic E-state index is -0.305. The van der Waals surface area contributed by atoms with Crippen LogP contribution in [0, 0.1) is 5.92 Å². The van der Waals surface area contributed by atoms with Gasteiger partial charge in [0.2, 0.25) is 0 Å². The molecule has 0 heterocycles. The Bertz CT molecular complexity index is 188. The van der Waals surface area contributed by atoms with Crippen LogP contribution in [-0.2, 0) is 14.3 Å². The standard InChI is InChI=1S/C10H20BrNO3/c1-7(2)9(6-14-3)12-5-8(11)10(13)15-4/h7-9,12H,5-6H2,1-4H3. The lowest BCUT2D eigenvalue weighted by Gasteiger charge is -2.22. The SMILES string of the molecule is COCC(NCC(Br)C(=O)OC)C(C)C. The van der Waals surface area contributed by atoms with Crippen LogP contribution in [0.4, 0.5) is 0 Å². The van der Waals surface area contributed by atoms with Crippen molar-refractivity contribution >= 4 is 21.9 Å². The summed E-state index contributed by atoms with van der Waals surface area (Å²) in [5.74, 6) is 0.199. The average molecular weight is 282 g/mol. The van der Waals surface area contributed by atoms with E-state index in [-0.39, 0.29) is 16.8 Å². The first-order valence-corrected chi connectivity index (χ1v) is 5.88. The maximum atomic E-state index is 11.1. The Morgan fingerprint density at radius 3 is 2.40 bits per heavy atom. The van der Waals surface area contributed by atoms with E-state index in [0.717, 1.165) is 0 Å². The summed E-state index contributed by atoms with van der Waals surface area (Å²) in [4.78, 5) is 10.8. The summed E-state index contributed by atoms with van der Waals surface area (Å²) in [7, 11) is 3.05. The highest BCUT2D eigenvalue weighted by molar-refractivity contribution is 9.10. The summed E-state index contributed by atoms with van der Waals surface area (Å²) < 4.78 is 9.70. The molecule has 0 rings (SSSR count). The van der Waals surface area contributed by atoms with Crippen molar-refractivity contribution in [3.8, 4) is 0 Å². The van der Waals surface area contributed by atoms with Gasteiger partial charge in [0.15, 0.2) is 0 Å². The van der Waals surface area contributed by atoms with Gasteiger partial charge in [0.25, 0.3) is 0 Å². The molecule has 0 radical (unpaired) electrons. The Morgan fingerprint density at radius 1 is 1.40 bits per heavy atom. The third kappa shape index (κ3) is 6.12. The highest BCUT2D eigenvalue weighted by atomic mass is 79.9. The molecule has 0 aromatic heterocycles. The van der Waals surface area contributed by atoms with Crippen LogP contribution in [0.15, 0.2) is 0 Å². The van der Waals surface area contributed by atoms with Gasteiger partial charge in [0, 0.05) is 19.7 Å². The molecule has 0 aliphatic heterocycles. The lowest BCUT2D eigenvalue weighted by atomic mass is 10.1. The summed E-state index contributed by atoms with van der Waals surface area (Å²) in [6.07, 6.45) is 0. The van der Waals surface area contributed by atoms with E-state index < -0.39 is 0 Å². The highest BCUT2D eigenvalue weighted by Crippen LogP contribution is 2.05. The maximum absolute atomic E-state index is 11.1. The van der Waals surface area contributed by atoms with Crippen LogP contribution in [0.3, 0.4) is 0 Å². The summed E-state index contributed by atoms with van der Waals surface area (Å²) in [6, 6.07) is 0.250. The summed E-state index contributed by atoms with van der Waals surface area (Å²) in [6.45, 7) is 5.40. The Kier molecular flexibility index (Phi) is 8.00. The number of rotatable bonds is 7. The lowest BCUT2D eigenvalue weighted by Crippen LogP contribution is -2.42. The van der Waals surface area contributed by atoms with Crippen LogP contribution < -0.4 is 5.32 Å². The van der Waals surface area contributed by atoms with Crippen LogP contribution >= 0.6 is 15.9 Å². The zero-order chi connectivity index (χ0) is 11.8. The van der Waals surface area contributed by atoms with Crippen molar-refractivity contribution in [2.45, 2.75) is 24.7 Å². The van der Waals surface area contributed by atoms with E-state index in [9.17, 15) is 4.79 Å². The van der Waals surface area contributed by atoms with E-state index in [1.165, 1.54) is 7.11 Å². The molecule has 0 amide bonds. The minimum absolute atomic E-state index is 0.250. The van der Waals surface area contributed by atoms with Crippen molar-refractivity contribution in [2.75, 3.05) is 27.4 Å². The number of nitrogens with one attached hydrogen (secondary N) is 1. The van der Waals surface area contributed by atoms with Crippen molar-refractivity contribution < 1.29 is 14.3 Å². The Morgan fingerprint density at radius 2 is 2.00 bits per heavy atom. The summed E-state index contributed by atoms with van der Waals surface area (Å²) in [5.41, 5.74) is 0. The molecule has 0 spiro atoms. The van der Waals surface area contributed by atoms with Crippen LogP contribution in [-0.4, -0.2) is 44.2 Å². The first-order valence-electron chi connectivity index (χ1n) is 4.97. The molecule has 0 saturated heterocycles. The first kappa shape index (κ1) is 14.9. The van der Waals surface area contributed by atoms with Crippen molar-refractivity contribution in [2.24, 2.45) is 5.92 Å². The molecule has 0 aliphatic rings. The van der Waals surface area contributed by atoms with Crippen LogP contribution in [0.5, 0.6) is 0 Å². The van der Waals surface area contributed by atoms with E-state index in [1.807, 2.05) is 0 Å². The molecule has 0 fully saturated rings. The van der Waals surface area contributed by atoms with E-state index in [4.69, 9.17) is 4.74 Å². The fourth-order valence-electron chi connectivity index (χ4n) is 1.13. The fraction of sp³-hybridized carbons (Fsp3) is 0.900. The topological polar surface area (TPSA) is 47.6 Å². The number of carbonyl (C=O) groups excluding carboxylic acids is 1. The Labute approximate surface area is 99.8 Å². The third-order valence-corrected chi connectivity index (χ3v) is 2.86. The second-order valence-electron chi connectivity index (χ2n) is 3.70. The molecule has 0 aromatic carbocycles. The van der Waals surface area contributed by atoms with Crippen LogP contribution in [0.25, 0.3) is 0 Å². The van der Waals surface area contributed by atoms with Crippen molar-refractivity contribution in [3.05, 3.63) is 0 Å². The van der Waals surface area contributed by atoms with Gasteiger partial charge in [0.05, 0.1) is 13.7 Å². The van der Waals surface area contributed by atoms with Gasteiger partial charge in [-0.05, 0) is 5.92 Å². The average Bonchev–Trinajstić information content (AvgIpc) is 2.21. The molecule has 1 N–H and O–H groups in total. The normalized spacial score (nSPS) is 15.1. The van der Waals surface area contributed by atoms with Crippen molar-refractivity contribution in [1.82, 2.24) is 5.32 Å². The molecule has 0 aliphatic carbocycles. The van der Waals surface area contributed by atoms with E-state index >= 15 is 0 Å². The predicted octanol–water partition coefficient (Wildman–Crippen LogP) is 1.18. The van der Waals surface area contributed by atoms with Crippen LogP contribution in [0.2, 0.25) is 0 Å². The third-order valence-electron chi connectivity index (χ3n) is 2.17. The van der Waals surface area contributed by atoms with Crippen molar-refractivity contribution in [1.29, 1.82) is 0 Å². The number of hydrogen-bond acceptors (Lipinski definition) is 4. The molecule has 5 heteroatoms. The van der Waals surface area contributed by atoms with Crippen molar-refractivity contribution in [3.63, 3.8) is 0 Å². The minimum Gasteiger partial charge on any atom is -0.468 e. The molecule has 2 unspecified atom stereocenters. The maximum Gasteiger partial charge on any atom is 0.320 e. The monoisotopic (exact) mass is 281 g/mol. The molecule has 4 nitrogen and oxygen atoms in total. The summed E-state index contributed by atoms with van der Waals surface area (Å²) >= 11 is 3.25. The van der Waals surface area contributed by atoms with Gasteiger partial charge in [-0.1, -0.05) is 29.8 Å². The number of halogens is 1. The highest BCUT2D eigenvalue weighted by Gasteiger charge is 2.18. The number of esters is 1. The smallest absolute Gasteiger partial charge is 0.320 e. The summed E-state index contributed by atoms with van der Waals surface area (Å²) in [5, 5.41) is 3.26. The Balaban J connectivity index is 3.93. The molecule has 15 heavy (non-hydrogen) atoms. The molecular formula is C10H20BrNO3. The first-order chi connectivity index (χ1) is 7.02. The number of carbonyl (C=O) groups is 1. The number of methoxy groups -OCH3 is 2. The van der Waals surface area contributed by atoms with Gasteiger partial charge in [-0.15, -0.1) is 0 Å². The molecule has 0 aromatic rings. The van der Waals surface area contributed by atoms with Crippen LogP contribution in [0.1, 0.15) is 13.8 Å². The zero-order valence-corrected chi connectivity index (χ0v) is 11.3. The Hall–Kier alpha value is -0.130. The van der Waals surface area contributed by atoms with Gasteiger partial charge >= 0.3 is 5.97 Å². The molecular weight excluding hydrogens is 262 g/mol. The van der Waals surface area contributed by atoms with Gasteiger partial charge in [0.1, 0.15) is 4.83 Å². The zero-order valence-electron chi connectivity index (χ0n) is 9.75. The van der Waals surface area contributed by atoms with E-state index in [2.05, 4.69) is 39.8 Å². The van der Waals surface area contributed by atoms with Gasteiger partial charge in [-0.25, -0.2) is 0 Å². The van der Waals surface area contributed by atoms with Gasteiger partial charge in [-0.3, -0.25) is 4.79 Å². The van der Waals surface area contributed by atoms with E-state index in [0.29, 0.717) is 19.1 Å². The molecule has 0 bridgehead atoms. The quantitative estimate of drug-likeness (QED) is 0.563. The second kappa shape index (κ2) is 8.07. The number of ether oxygens (including phenoxy) is 2. The number of alkyl halides is 1. The second-order valence-corrected chi connectivity index (χ2v) is 4.81. The predicted molar refractivity (Wildman–Crippen MR) is 63.2 cm³/mol. The largest absolute Gasteiger partial charge is 0.468 e. The molecule has 2 atom stereocenters.